The Morgan fingerprint density at radius 1 is 1.20 bits per heavy atom. The minimum atomic E-state index is -0.278. The van der Waals surface area contributed by atoms with E-state index in [4.69, 9.17) is 4.74 Å². The highest BCUT2D eigenvalue weighted by Crippen LogP contribution is 2.38. The summed E-state index contributed by atoms with van der Waals surface area (Å²) in [6, 6.07) is 7.77. The van der Waals surface area contributed by atoms with Gasteiger partial charge in [-0.05, 0) is 49.7 Å². The van der Waals surface area contributed by atoms with Gasteiger partial charge in [0.1, 0.15) is 0 Å². The second-order valence-corrected chi connectivity index (χ2v) is 7.17. The fourth-order valence-electron chi connectivity index (χ4n) is 3.92. The van der Waals surface area contributed by atoms with Gasteiger partial charge in [-0.15, -0.1) is 0 Å². The Bertz CT molecular complexity index is 659. The van der Waals surface area contributed by atoms with Crippen molar-refractivity contribution in [2.24, 2.45) is 5.92 Å². The lowest BCUT2D eigenvalue weighted by molar-refractivity contribution is -0.117. The molecule has 1 aromatic rings. The van der Waals surface area contributed by atoms with E-state index in [1.165, 1.54) is 18.4 Å². The van der Waals surface area contributed by atoms with Crippen LogP contribution in [0.2, 0.25) is 0 Å². The lowest BCUT2D eigenvalue weighted by Crippen LogP contribution is -2.49. The van der Waals surface area contributed by atoms with Crippen molar-refractivity contribution in [3.05, 3.63) is 29.8 Å². The number of nitrogens with zero attached hydrogens (tertiary/aromatic N) is 1. The van der Waals surface area contributed by atoms with Crippen molar-refractivity contribution in [2.45, 2.75) is 44.2 Å². The van der Waals surface area contributed by atoms with Crippen LogP contribution in [-0.2, 0) is 16.0 Å². The van der Waals surface area contributed by atoms with Crippen molar-refractivity contribution in [1.82, 2.24) is 10.6 Å². The summed E-state index contributed by atoms with van der Waals surface area (Å²) in [6.45, 7) is 1.43. The average Bonchev–Trinajstić information content (AvgIpc) is 3.38. The predicted molar refractivity (Wildman–Crippen MR) is 94.5 cm³/mol. The minimum Gasteiger partial charge on any atom is -0.376 e. The molecule has 1 aliphatic carbocycles. The largest absolute Gasteiger partial charge is 0.376 e. The summed E-state index contributed by atoms with van der Waals surface area (Å²) in [5, 5.41) is 5.70. The number of carbonyl (C=O) groups is 2. The molecule has 1 saturated heterocycles. The minimum absolute atomic E-state index is 0.0157. The van der Waals surface area contributed by atoms with Crippen LogP contribution in [0.15, 0.2) is 24.3 Å². The van der Waals surface area contributed by atoms with Crippen LogP contribution in [0.3, 0.4) is 0 Å². The van der Waals surface area contributed by atoms with E-state index in [1.807, 2.05) is 18.2 Å². The molecule has 25 heavy (non-hydrogen) atoms. The molecule has 0 spiro atoms. The summed E-state index contributed by atoms with van der Waals surface area (Å²) >= 11 is 0. The van der Waals surface area contributed by atoms with Gasteiger partial charge in [0.25, 0.3) is 0 Å². The van der Waals surface area contributed by atoms with E-state index in [0.29, 0.717) is 19.1 Å². The van der Waals surface area contributed by atoms with Crippen molar-refractivity contribution in [1.29, 1.82) is 0 Å². The molecule has 0 bridgehead atoms. The van der Waals surface area contributed by atoms with Crippen LogP contribution in [0.1, 0.15) is 31.2 Å². The molecule has 2 fully saturated rings. The maximum absolute atomic E-state index is 12.5. The number of benzene rings is 1. The molecule has 2 aliphatic heterocycles. The van der Waals surface area contributed by atoms with Gasteiger partial charge in [-0.2, -0.15) is 0 Å². The van der Waals surface area contributed by atoms with E-state index in [-0.39, 0.29) is 30.6 Å². The van der Waals surface area contributed by atoms with Gasteiger partial charge in [0, 0.05) is 18.8 Å². The van der Waals surface area contributed by atoms with Crippen molar-refractivity contribution in [2.75, 3.05) is 24.6 Å². The maximum atomic E-state index is 12.5. The van der Waals surface area contributed by atoms with E-state index in [9.17, 15) is 9.59 Å². The molecule has 2 atom stereocenters. The van der Waals surface area contributed by atoms with Gasteiger partial charge in [0.2, 0.25) is 5.91 Å². The van der Waals surface area contributed by atoms with Gasteiger partial charge in [-0.3, -0.25) is 4.79 Å². The molecule has 134 valence electrons. The number of carbonyl (C=O) groups excluding carboxylic acids is 2. The highest BCUT2D eigenvalue weighted by molar-refractivity contribution is 5.97. The standard InChI is InChI=1S/C19H25N3O3/c23-17(22-10-3-5-13-4-1-2-6-16(13)22)12-20-19(24)21-15-9-11-25-18(15)14-7-8-14/h1-2,4,6,14-15,18H,3,5,7-12H2,(H2,20,21,24)/t15-,18-/m0/s1. The van der Waals surface area contributed by atoms with Gasteiger partial charge >= 0.3 is 6.03 Å². The van der Waals surface area contributed by atoms with Crippen LogP contribution in [0, 0.1) is 5.92 Å². The molecule has 1 saturated carbocycles. The summed E-state index contributed by atoms with van der Waals surface area (Å²) in [5.41, 5.74) is 2.17. The summed E-state index contributed by atoms with van der Waals surface area (Å²) in [6.07, 6.45) is 5.34. The summed E-state index contributed by atoms with van der Waals surface area (Å²) in [4.78, 5) is 26.5. The highest BCUT2D eigenvalue weighted by Gasteiger charge is 2.41. The van der Waals surface area contributed by atoms with Gasteiger partial charge in [-0.25, -0.2) is 4.79 Å². The molecule has 1 aromatic carbocycles. The molecule has 2 N–H and O–H groups in total. The number of para-hydroxylation sites is 1. The van der Waals surface area contributed by atoms with Crippen LogP contribution < -0.4 is 15.5 Å². The van der Waals surface area contributed by atoms with Crippen LogP contribution in [0.4, 0.5) is 10.5 Å². The van der Waals surface area contributed by atoms with Crippen LogP contribution in [0.25, 0.3) is 0 Å². The number of nitrogens with one attached hydrogen (secondary N) is 2. The number of hydrogen-bond donors (Lipinski definition) is 2. The Balaban J connectivity index is 1.29. The quantitative estimate of drug-likeness (QED) is 0.876. The predicted octanol–water partition coefficient (Wildman–Crippen LogP) is 1.83. The lowest BCUT2D eigenvalue weighted by atomic mass is 10.0. The van der Waals surface area contributed by atoms with Crippen molar-refractivity contribution in [3.63, 3.8) is 0 Å². The Morgan fingerprint density at radius 2 is 2.04 bits per heavy atom. The number of amides is 3. The molecule has 4 rings (SSSR count). The average molecular weight is 343 g/mol. The number of anilines is 1. The van der Waals surface area contributed by atoms with Crippen LogP contribution >= 0.6 is 0 Å². The number of aryl methyl sites for hydroxylation is 1. The maximum Gasteiger partial charge on any atom is 0.315 e. The number of ether oxygens (including phenoxy) is 1. The number of hydrogen-bond acceptors (Lipinski definition) is 3. The summed E-state index contributed by atoms with van der Waals surface area (Å²) < 4.78 is 5.73. The summed E-state index contributed by atoms with van der Waals surface area (Å²) in [7, 11) is 0. The monoisotopic (exact) mass is 343 g/mol. The zero-order chi connectivity index (χ0) is 17.2. The van der Waals surface area contributed by atoms with E-state index in [0.717, 1.165) is 24.9 Å². The Hall–Kier alpha value is -2.08. The summed E-state index contributed by atoms with van der Waals surface area (Å²) in [5.74, 6) is 0.531. The highest BCUT2D eigenvalue weighted by atomic mass is 16.5. The zero-order valence-corrected chi connectivity index (χ0v) is 14.4. The molecule has 3 amide bonds. The molecule has 3 aliphatic rings. The number of fused-ring (bicyclic) bond motifs is 1. The van der Waals surface area contributed by atoms with Gasteiger partial charge in [0.05, 0.1) is 18.7 Å². The molecule has 2 heterocycles. The molecular formula is C19H25N3O3. The second-order valence-electron chi connectivity index (χ2n) is 7.17. The molecular weight excluding hydrogens is 318 g/mol. The SMILES string of the molecule is O=C(NCC(=O)N1CCCc2ccccc21)N[C@H]1CCO[C@H]1C1CC1. The third-order valence-electron chi connectivity index (χ3n) is 5.35. The molecule has 6 nitrogen and oxygen atoms in total. The molecule has 6 heteroatoms. The Labute approximate surface area is 147 Å². The van der Waals surface area contributed by atoms with Crippen molar-refractivity contribution >= 4 is 17.6 Å². The smallest absolute Gasteiger partial charge is 0.315 e. The number of rotatable bonds is 4. The second kappa shape index (κ2) is 7.04. The Morgan fingerprint density at radius 3 is 2.88 bits per heavy atom. The van der Waals surface area contributed by atoms with Gasteiger partial charge in [0.15, 0.2) is 0 Å². The van der Waals surface area contributed by atoms with E-state index < -0.39 is 0 Å². The van der Waals surface area contributed by atoms with Gasteiger partial charge < -0.3 is 20.3 Å². The fraction of sp³-hybridized carbons (Fsp3) is 0.579. The zero-order valence-electron chi connectivity index (χ0n) is 14.4. The molecule has 0 radical (unpaired) electrons. The first-order valence-electron chi connectivity index (χ1n) is 9.26. The first-order valence-corrected chi connectivity index (χ1v) is 9.26. The fourth-order valence-corrected chi connectivity index (χ4v) is 3.92. The van der Waals surface area contributed by atoms with Crippen molar-refractivity contribution < 1.29 is 14.3 Å². The van der Waals surface area contributed by atoms with Crippen LogP contribution in [-0.4, -0.2) is 43.8 Å². The third kappa shape index (κ3) is 3.63. The number of urea groups is 1. The van der Waals surface area contributed by atoms with Gasteiger partial charge in [-0.1, -0.05) is 18.2 Å². The first kappa shape index (κ1) is 16.4. The van der Waals surface area contributed by atoms with Crippen LogP contribution in [0.5, 0.6) is 0 Å². The van der Waals surface area contributed by atoms with E-state index >= 15 is 0 Å². The molecule has 0 unspecified atom stereocenters. The van der Waals surface area contributed by atoms with E-state index in [1.54, 1.807) is 4.90 Å². The van der Waals surface area contributed by atoms with E-state index in [2.05, 4.69) is 16.7 Å². The molecule has 0 aromatic heterocycles. The normalized spacial score (nSPS) is 25.4. The Kier molecular flexibility index (Phi) is 4.61. The topological polar surface area (TPSA) is 70.7 Å². The first-order chi connectivity index (χ1) is 12.2. The third-order valence-corrected chi connectivity index (χ3v) is 5.35. The van der Waals surface area contributed by atoms with Crippen molar-refractivity contribution in [3.8, 4) is 0 Å². The lowest BCUT2D eigenvalue weighted by Gasteiger charge is -2.29.